The van der Waals surface area contributed by atoms with Gasteiger partial charge in [-0.15, -0.1) is 0 Å². The molecule has 0 aromatic heterocycles. The van der Waals surface area contributed by atoms with Crippen molar-refractivity contribution in [2.24, 2.45) is 0 Å². The number of hydrogen-bond donors (Lipinski definition) is 1. The molecule has 0 amide bonds. The highest BCUT2D eigenvalue weighted by Gasteiger charge is 2.52. The first-order valence-corrected chi connectivity index (χ1v) is 8.93. The third-order valence-electron chi connectivity index (χ3n) is 4.83. The Morgan fingerprint density at radius 2 is 1.88 bits per heavy atom. The van der Waals surface area contributed by atoms with E-state index in [2.05, 4.69) is 15.9 Å². The summed E-state index contributed by atoms with van der Waals surface area (Å²) in [4.78, 5) is 38.0. The fraction of sp³-hybridized carbons (Fsp3) is 0.389. The van der Waals surface area contributed by atoms with Crippen LogP contribution in [-0.4, -0.2) is 41.0 Å². The quantitative estimate of drug-likeness (QED) is 0.759. The number of carbonyl (C=O) groups is 3. The number of Topliss-reactive ketones (excluding diaryl/α,β-unsaturated/α-hetero) is 2. The number of hydrogen-bond acceptors (Lipinski definition) is 6. The smallest absolute Gasteiger partial charge is 0.309 e. The number of esters is 1. The van der Waals surface area contributed by atoms with E-state index in [-0.39, 0.29) is 34.4 Å². The molecule has 2 heterocycles. The van der Waals surface area contributed by atoms with E-state index in [1.54, 1.807) is 0 Å². The lowest BCUT2D eigenvalue weighted by Gasteiger charge is -2.36. The van der Waals surface area contributed by atoms with E-state index in [1.807, 2.05) is 6.92 Å². The third-order valence-corrected chi connectivity index (χ3v) is 5.49. The van der Waals surface area contributed by atoms with Crippen molar-refractivity contribution in [1.82, 2.24) is 0 Å². The van der Waals surface area contributed by atoms with Crippen LogP contribution in [-0.2, 0) is 14.3 Å². The van der Waals surface area contributed by atoms with Gasteiger partial charge in [-0.25, -0.2) is 0 Å². The van der Waals surface area contributed by atoms with Crippen molar-refractivity contribution in [1.29, 1.82) is 0 Å². The Morgan fingerprint density at radius 1 is 1.16 bits per heavy atom. The molecule has 1 aliphatic carbocycles. The molecule has 4 rings (SSSR count). The van der Waals surface area contributed by atoms with E-state index in [9.17, 15) is 19.5 Å². The number of ketones is 2. The summed E-state index contributed by atoms with van der Waals surface area (Å²) >= 11 is 3.29. The molecule has 1 aromatic carbocycles. The lowest BCUT2D eigenvalue weighted by atomic mass is 9.76. The molecular weight excluding hydrogens is 392 g/mol. The normalized spacial score (nSPS) is 27.8. The molecule has 2 aliphatic heterocycles. The Balaban J connectivity index is 1.95. The summed E-state index contributed by atoms with van der Waals surface area (Å²) in [5, 5.41) is 10.2. The van der Waals surface area contributed by atoms with Crippen molar-refractivity contribution in [2.45, 2.75) is 44.5 Å². The molecule has 0 bridgehead atoms. The first-order chi connectivity index (χ1) is 11.9. The fourth-order valence-corrected chi connectivity index (χ4v) is 4.30. The third kappa shape index (κ3) is 2.29. The van der Waals surface area contributed by atoms with Crippen LogP contribution in [0.1, 0.15) is 46.9 Å². The fourth-order valence-electron chi connectivity index (χ4n) is 3.79. The van der Waals surface area contributed by atoms with Crippen molar-refractivity contribution < 1.29 is 29.0 Å². The standard InChI is InChI=1S/C18H15BrO6/c1-2-3-9-14-15(18-10(24-9)6-11(21)25-18)16(22)12-7(19)4-5-8(20)13(12)17(14)23/h4-5,9-10,18,20H,2-3,6H2,1H3/t9-,10+,18-/m0/s1. The largest absolute Gasteiger partial charge is 0.507 e. The lowest BCUT2D eigenvalue weighted by molar-refractivity contribution is -0.140. The zero-order valence-electron chi connectivity index (χ0n) is 13.4. The minimum atomic E-state index is -0.866. The maximum atomic E-state index is 13.2. The van der Waals surface area contributed by atoms with Crippen molar-refractivity contribution >= 4 is 33.5 Å². The summed E-state index contributed by atoms with van der Waals surface area (Å²) in [5.74, 6) is -1.53. The van der Waals surface area contributed by atoms with Crippen molar-refractivity contribution in [3.8, 4) is 5.75 Å². The van der Waals surface area contributed by atoms with Gasteiger partial charge in [0.05, 0.1) is 29.2 Å². The van der Waals surface area contributed by atoms with Gasteiger partial charge in [0.1, 0.15) is 11.9 Å². The highest BCUT2D eigenvalue weighted by molar-refractivity contribution is 9.10. The number of phenolic OH excluding ortho intramolecular Hbond substituents is 1. The summed E-state index contributed by atoms with van der Waals surface area (Å²) < 4.78 is 11.6. The molecule has 0 spiro atoms. The number of fused-ring (bicyclic) bond motifs is 3. The molecule has 3 aliphatic rings. The molecule has 0 radical (unpaired) electrons. The van der Waals surface area contributed by atoms with Crippen LogP contribution in [0.5, 0.6) is 5.75 Å². The van der Waals surface area contributed by atoms with Gasteiger partial charge in [-0.1, -0.05) is 29.3 Å². The zero-order valence-corrected chi connectivity index (χ0v) is 15.0. The Bertz CT molecular complexity index is 855. The van der Waals surface area contributed by atoms with Crippen LogP contribution < -0.4 is 0 Å². The van der Waals surface area contributed by atoms with Crippen LogP contribution in [0.15, 0.2) is 27.8 Å². The van der Waals surface area contributed by atoms with Crippen LogP contribution in [0.3, 0.4) is 0 Å². The number of halogens is 1. The molecule has 1 N–H and O–H groups in total. The van der Waals surface area contributed by atoms with Crippen molar-refractivity contribution in [3.63, 3.8) is 0 Å². The predicted octanol–water partition coefficient (Wildman–Crippen LogP) is 2.71. The molecule has 1 saturated heterocycles. The van der Waals surface area contributed by atoms with Gasteiger partial charge in [0.2, 0.25) is 0 Å². The second-order valence-electron chi connectivity index (χ2n) is 6.37. The first kappa shape index (κ1) is 16.5. The van der Waals surface area contributed by atoms with Crippen molar-refractivity contribution in [3.05, 3.63) is 38.9 Å². The van der Waals surface area contributed by atoms with E-state index in [1.165, 1.54) is 12.1 Å². The molecule has 7 heteroatoms. The van der Waals surface area contributed by atoms with Crippen LogP contribution in [0, 0.1) is 0 Å². The predicted molar refractivity (Wildman–Crippen MR) is 89.6 cm³/mol. The Morgan fingerprint density at radius 3 is 2.60 bits per heavy atom. The highest BCUT2D eigenvalue weighted by Crippen LogP contribution is 2.45. The number of phenols is 1. The van der Waals surface area contributed by atoms with E-state index >= 15 is 0 Å². The minimum Gasteiger partial charge on any atom is -0.507 e. The lowest BCUT2D eigenvalue weighted by Crippen LogP contribution is -2.45. The van der Waals surface area contributed by atoms with Gasteiger partial charge in [-0.3, -0.25) is 14.4 Å². The second-order valence-corrected chi connectivity index (χ2v) is 7.22. The van der Waals surface area contributed by atoms with Gasteiger partial charge in [0.15, 0.2) is 17.7 Å². The van der Waals surface area contributed by atoms with Crippen LogP contribution in [0.25, 0.3) is 0 Å². The van der Waals surface area contributed by atoms with Gasteiger partial charge >= 0.3 is 5.97 Å². The van der Waals surface area contributed by atoms with Gasteiger partial charge in [-0.2, -0.15) is 0 Å². The van der Waals surface area contributed by atoms with Crippen molar-refractivity contribution in [2.75, 3.05) is 0 Å². The Labute approximate surface area is 151 Å². The first-order valence-electron chi connectivity index (χ1n) is 8.13. The SMILES string of the molecule is CCC[C@@H]1O[C@@H]2CC(=O)O[C@@H]2C2=C1C(=O)c1c(O)ccc(Br)c1C2=O. The van der Waals surface area contributed by atoms with Crippen LogP contribution in [0.2, 0.25) is 0 Å². The number of benzene rings is 1. The number of aromatic hydroxyl groups is 1. The van der Waals surface area contributed by atoms with E-state index < -0.39 is 35.8 Å². The van der Waals surface area contributed by atoms with E-state index in [4.69, 9.17) is 9.47 Å². The molecule has 0 unspecified atom stereocenters. The Hall–Kier alpha value is -1.99. The maximum absolute atomic E-state index is 13.2. The summed E-state index contributed by atoms with van der Waals surface area (Å²) in [7, 11) is 0. The maximum Gasteiger partial charge on any atom is 0.309 e. The molecule has 1 fully saturated rings. The van der Waals surface area contributed by atoms with Gasteiger partial charge < -0.3 is 14.6 Å². The minimum absolute atomic E-state index is 0.0226. The molecule has 0 saturated carbocycles. The number of carbonyl (C=O) groups excluding carboxylic acids is 3. The van der Waals surface area contributed by atoms with Gasteiger partial charge in [0, 0.05) is 10.0 Å². The molecule has 6 nitrogen and oxygen atoms in total. The molecule has 130 valence electrons. The van der Waals surface area contributed by atoms with Crippen LogP contribution in [0.4, 0.5) is 0 Å². The summed E-state index contributed by atoms with van der Waals surface area (Å²) in [6, 6.07) is 2.89. The van der Waals surface area contributed by atoms with E-state index in [0.29, 0.717) is 10.9 Å². The second kappa shape index (κ2) is 5.78. The summed E-state index contributed by atoms with van der Waals surface area (Å²) in [6.45, 7) is 1.95. The van der Waals surface area contributed by atoms with E-state index in [0.717, 1.165) is 6.42 Å². The highest BCUT2D eigenvalue weighted by atomic mass is 79.9. The average Bonchev–Trinajstić information content (AvgIpc) is 2.93. The summed E-state index contributed by atoms with van der Waals surface area (Å²) in [6.07, 6.45) is -0.659. The topological polar surface area (TPSA) is 89.9 Å². The molecule has 1 aromatic rings. The monoisotopic (exact) mass is 406 g/mol. The average molecular weight is 407 g/mol. The molecular formula is C18H15BrO6. The number of rotatable bonds is 2. The molecule has 25 heavy (non-hydrogen) atoms. The van der Waals surface area contributed by atoms with Gasteiger partial charge in [0.25, 0.3) is 0 Å². The Kier molecular flexibility index (Phi) is 3.81. The van der Waals surface area contributed by atoms with Gasteiger partial charge in [-0.05, 0) is 18.6 Å². The summed E-state index contributed by atoms with van der Waals surface area (Å²) in [5.41, 5.74) is 0.501. The number of ether oxygens (including phenoxy) is 2. The van der Waals surface area contributed by atoms with Crippen LogP contribution >= 0.6 is 15.9 Å². The zero-order chi connectivity index (χ0) is 17.9. The molecule has 3 atom stereocenters.